The Labute approximate surface area is 247 Å². The number of sulfone groups is 1. The molecular weight excluding hydrogens is 587 g/mol. The van der Waals surface area contributed by atoms with Gasteiger partial charge in [0, 0.05) is 35.6 Å². The summed E-state index contributed by atoms with van der Waals surface area (Å²) in [4.78, 5) is 15.4. The average molecular weight is 620 g/mol. The Morgan fingerprint density at radius 3 is 2.53 bits per heavy atom. The summed E-state index contributed by atoms with van der Waals surface area (Å²) in [7, 11) is -3.09. The number of hydrogen-bond acceptors (Lipinski definition) is 7. The first kappa shape index (κ1) is 30.7. The Morgan fingerprint density at radius 1 is 1.16 bits per heavy atom. The van der Waals surface area contributed by atoms with E-state index in [1.807, 2.05) is 26.0 Å². The van der Waals surface area contributed by atoms with Crippen LogP contribution in [-0.2, 0) is 27.2 Å². The quantitative estimate of drug-likeness (QED) is 0.267. The molecule has 2 aliphatic rings. The molecular formula is C31H32F3NO7S. The summed E-state index contributed by atoms with van der Waals surface area (Å²) in [6, 6.07) is 7.73. The predicted molar refractivity (Wildman–Crippen MR) is 153 cm³/mol. The first-order chi connectivity index (χ1) is 20.2. The maximum atomic E-state index is 14.3. The molecule has 230 valence electrons. The number of carboxylic acids is 1. The number of pyridine rings is 1. The summed E-state index contributed by atoms with van der Waals surface area (Å²) in [6.07, 6.45) is -1.94. The van der Waals surface area contributed by atoms with Gasteiger partial charge in [-0.2, -0.15) is 13.2 Å². The van der Waals surface area contributed by atoms with Gasteiger partial charge in [0.2, 0.25) is 5.88 Å². The Bertz CT molecular complexity index is 1650. The van der Waals surface area contributed by atoms with Crippen molar-refractivity contribution in [2.24, 2.45) is 0 Å². The van der Waals surface area contributed by atoms with Gasteiger partial charge < -0.3 is 19.3 Å². The number of carboxylic acid groups (broad SMARTS) is 1. The summed E-state index contributed by atoms with van der Waals surface area (Å²) < 4.78 is 83.0. The molecule has 0 fully saturated rings. The fraction of sp³-hybridized carbons (Fsp3) is 0.419. The molecule has 1 N–H and O–H groups in total. The van der Waals surface area contributed by atoms with Gasteiger partial charge in [0.1, 0.15) is 27.4 Å². The number of nitrogens with zero attached hydrogens (tertiary/aromatic N) is 1. The smallest absolute Gasteiger partial charge is 0.416 e. The molecule has 1 aliphatic heterocycles. The molecule has 0 saturated heterocycles. The molecule has 0 amide bonds. The van der Waals surface area contributed by atoms with Crippen LogP contribution >= 0.6 is 0 Å². The molecule has 0 radical (unpaired) electrons. The molecule has 1 unspecified atom stereocenters. The van der Waals surface area contributed by atoms with E-state index in [0.717, 1.165) is 22.8 Å². The van der Waals surface area contributed by atoms with Gasteiger partial charge in [-0.15, -0.1) is 0 Å². The molecule has 3 aromatic rings. The van der Waals surface area contributed by atoms with Crippen LogP contribution in [0.2, 0.25) is 0 Å². The highest BCUT2D eigenvalue weighted by Crippen LogP contribution is 2.48. The first-order valence-corrected chi connectivity index (χ1v) is 15.9. The van der Waals surface area contributed by atoms with Crippen LogP contribution in [0.4, 0.5) is 13.2 Å². The minimum Gasteiger partial charge on any atom is -0.494 e. The fourth-order valence-electron chi connectivity index (χ4n) is 6.00. The van der Waals surface area contributed by atoms with Gasteiger partial charge in [-0.1, -0.05) is 6.07 Å². The molecule has 0 bridgehead atoms. The van der Waals surface area contributed by atoms with Crippen molar-refractivity contribution in [3.63, 3.8) is 0 Å². The highest BCUT2D eigenvalue weighted by Gasteiger charge is 2.41. The zero-order valence-corrected chi connectivity index (χ0v) is 24.8. The summed E-state index contributed by atoms with van der Waals surface area (Å²) in [5.41, 5.74) is 3.65. The van der Waals surface area contributed by atoms with Crippen molar-refractivity contribution in [3.05, 3.63) is 69.9 Å². The Balaban J connectivity index is 1.44. The van der Waals surface area contributed by atoms with Crippen LogP contribution in [0.25, 0.3) is 11.1 Å². The Hall–Kier alpha value is -3.80. The van der Waals surface area contributed by atoms with Crippen molar-refractivity contribution in [3.8, 4) is 28.5 Å². The number of aromatic nitrogens is 1. The van der Waals surface area contributed by atoms with Gasteiger partial charge >= 0.3 is 12.1 Å². The normalized spacial score (nSPS) is 17.7. The minimum atomic E-state index is -4.60. The Kier molecular flexibility index (Phi) is 8.34. The van der Waals surface area contributed by atoms with Crippen molar-refractivity contribution in [2.75, 3.05) is 25.2 Å². The molecule has 2 heterocycles. The molecule has 8 nitrogen and oxygen atoms in total. The molecule has 43 heavy (non-hydrogen) atoms. The number of halogens is 3. The summed E-state index contributed by atoms with van der Waals surface area (Å²) in [6.45, 7) is 4.14. The number of aliphatic carboxylic acids is 1. The number of alkyl halides is 3. The van der Waals surface area contributed by atoms with Crippen molar-refractivity contribution in [2.45, 2.75) is 57.7 Å². The molecule has 12 heteroatoms. The van der Waals surface area contributed by atoms with E-state index in [1.165, 1.54) is 24.6 Å². The molecule has 2 aromatic carbocycles. The number of rotatable bonds is 10. The van der Waals surface area contributed by atoms with Crippen LogP contribution in [0, 0.1) is 13.8 Å². The highest BCUT2D eigenvalue weighted by molar-refractivity contribution is 7.90. The standard InChI is InChI=1S/C31H32F3NO7S/c1-17-11-20(40-9-4-10-43(3,38)39)12-18(2)29(17)21-5-7-24(31(32,33)34)30-22(21)6-8-25(30)42-27-14-26-23(15-35-27)19(16-41-26)13-28(36)37/h5,7,11-12,14-15,19,25H,4,6,8-10,13,16H2,1-3H3,(H,36,37)/t19-,25?/m1/s1. The fourth-order valence-corrected chi connectivity index (χ4v) is 6.64. The predicted octanol–water partition coefficient (Wildman–Crippen LogP) is 6.21. The number of aryl methyl sites for hydroxylation is 2. The molecule has 5 rings (SSSR count). The molecule has 2 atom stereocenters. The second-order valence-corrected chi connectivity index (χ2v) is 13.4. The highest BCUT2D eigenvalue weighted by atomic mass is 32.2. The van der Waals surface area contributed by atoms with E-state index in [2.05, 4.69) is 4.98 Å². The van der Waals surface area contributed by atoms with Crippen LogP contribution in [0.1, 0.15) is 64.7 Å². The maximum absolute atomic E-state index is 14.3. The second kappa shape index (κ2) is 11.7. The lowest BCUT2D eigenvalue weighted by molar-refractivity contribution is -0.139. The van der Waals surface area contributed by atoms with Crippen molar-refractivity contribution in [1.29, 1.82) is 0 Å². The van der Waals surface area contributed by atoms with E-state index in [4.69, 9.17) is 19.3 Å². The van der Waals surface area contributed by atoms with Crippen molar-refractivity contribution >= 4 is 15.8 Å². The minimum absolute atomic E-state index is 0.0171. The second-order valence-electron chi connectivity index (χ2n) is 11.1. The first-order valence-electron chi connectivity index (χ1n) is 13.9. The van der Waals surface area contributed by atoms with Gasteiger partial charge in [-0.25, -0.2) is 13.4 Å². The number of ether oxygens (including phenoxy) is 3. The van der Waals surface area contributed by atoms with Gasteiger partial charge in [0.05, 0.1) is 31.0 Å². The largest absolute Gasteiger partial charge is 0.494 e. The van der Waals surface area contributed by atoms with Crippen LogP contribution in [-0.4, -0.2) is 49.7 Å². The number of benzene rings is 2. The number of fused-ring (bicyclic) bond motifs is 2. The van der Waals surface area contributed by atoms with E-state index >= 15 is 0 Å². The molecule has 1 aromatic heterocycles. The van der Waals surface area contributed by atoms with E-state index in [0.29, 0.717) is 47.5 Å². The molecule has 0 spiro atoms. The van der Waals surface area contributed by atoms with Crippen LogP contribution in [0.3, 0.4) is 0 Å². The van der Waals surface area contributed by atoms with Gasteiger partial charge in [-0.3, -0.25) is 4.79 Å². The third-order valence-electron chi connectivity index (χ3n) is 7.78. The maximum Gasteiger partial charge on any atom is 0.416 e. The monoisotopic (exact) mass is 619 g/mol. The van der Waals surface area contributed by atoms with Crippen molar-refractivity contribution < 1.29 is 45.7 Å². The SMILES string of the molecule is Cc1cc(OCCCS(C)(=O)=O)cc(C)c1-c1ccc(C(F)(F)F)c2c1CCC2Oc1cc2c(cn1)[C@H](CC(=O)O)CO2. The number of carbonyl (C=O) groups is 1. The topological polar surface area (TPSA) is 112 Å². The third kappa shape index (κ3) is 6.74. The van der Waals surface area contributed by atoms with E-state index < -0.39 is 33.7 Å². The summed E-state index contributed by atoms with van der Waals surface area (Å²) in [5.74, 6) is -0.204. The molecule has 1 aliphatic carbocycles. The zero-order valence-electron chi connectivity index (χ0n) is 24.0. The van der Waals surface area contributed by atoms with E-state index in [-0.39, 0.29) is 42.7 Å². The lowest BCUT2D eigenvalue weighted by Crippen LogP contribution is -2.15. The van der Waals surface area contributed by atoms with Crippen LogP contribution < -0.4 is 14.2 Å². The van der Waals surface area contributed by atoms with Gasteiger partial charge in [-0.05, 0) is 79.1 Å². The van der Waals surface area contributed by atoms with E-state index in [1.54, 1.807) is 0 Å². The summed E-state index contributed by atoms with van der Waals surface area (Å²) in [5, 5.41) is 9.13. The third-order valence-corrected chi connectivity index (χ3v) is 8.81. The van der Waals surface area contributed by atoms with Gasteiger partial charge in [0.25, 0.3) is 0 Å². The van der Waals surface area contributed by atoms with Gasteiger partial charge in [0.15, 0.2) is 0 Å². The van der Waals surface area contributed by atoms with Crippen LogP contribution in [0.15, 0.2) is 36.5 Å². The lowest BCUT2D eigenvalue weighted by Gasteiger charge is -2.22. The Morgan fingerprint density at radius 2 is 1.88 bits per heavy atom. The van der Waals surface area contributed by atoms with Crippen molar-refractivity contribution in [1.82, 2.24) is 4.98 Å². The zero-order chi connectivity index (χ0) is 31.1. The lowest BCUT2D eigenvalue weighted by atomic mass is 9.88. The number of hydrogen-bond donors (Lipinski definition) is 1. The average Bonchev–Trinajstić information content (AvgIpc) is 3.49. The molecule has 0 saturated carbocycles. The summed E-state index contributed by atoms with van der Waals surface area (Å²) >= 11 is 0. The van der Waals surface area contributed by atoms with E-state index in [9.17, 15) is 26.4 Å². The van der Waals surface area contributed by atoms with Crippen LogP contribution in [0.5, 0.6) is 17.4 Å².